The zero-order valence-electron chi connectivity index (χ0n) is 6.56. The van der Waals surface area contributed by atoms with Gasteiger partial charge in [0, 0.05) is 0 Å². The van der Waals surface area contributed by atoms with Crippen LogP contribution in [-0.2, 0) is 0 Å². The molecule has 0 saturated carbocycles. The largest absolute Gasteiger partial charge is 0.393 e. The van der Waals surface area contributed by atoms with E-state index in [9.17, 15) is 5.11 Å². The molecular formula is C7H14Br2O. The van der Waals surface area contributed by atoms with Crippen LogP contribution >= 0.6 is 31.9 Å². The zero-order chi connectivity index (χ0) is 8.36. The lowest BCUT2D eigenvalue weighted by Gasteiger charge is -2.26. The molecule has 0 aromatic carbocycles. The van der Waals surface area contributed by atoms with Crippen LogP contribution in [0.3, 0.4) is 0 Å². The van der Waals surface area contributed by atoms with Crippen molar-refractivity contribution in [2.45, 2.75) is 37.0 Å². The van der Waals surface area contributed by atoms with E-state index in [4.69, 9.17) is 0 Å². The lowest BCUT2D eigenvalue weighted by Crippen LogP contribution is -2.27. The number of rotatable bonds is 2. The SMILES string of the molecule is CC(C)(C)[C@@H](O)CC(Br)Br. The third kappa shape index (κ3) is 4.69. The van der Waals surface area contributed by atoms with Gasteiger partial charge in [-0.1, -0.05) is 52.6 Å². The lowest BCUT2D eigenvalue weighted by molar-refractivity contribution is 0.0601. The Bertz CT molecular complexity index is 96.3. The highest BCUT2D eigenvalue weighted by Gasteiger charge is 2.23. The fourth-order valence-electron chi connectivity index (χ4n) is 0.522. The van der Waals surface area contributed by atoms with E-state index in [2.05, 4.69) is 31.9 Å². The second-order valence-electron chi connectivity index (χ2n) is 3.51. The molecule has 0 aliphatic carbocycles. The molecule has 0 saturated heterocycles. The molecule has 1 atom stereocenters. The molecule has 1 nitrogen and oxygen atoms in total. The summed E-state index contributed by atoms with van der Waals surface area (Å²) in [6, 6.07) is 0. The number of aliphatic hydroxyl groups is 1. The van der Waals surface area contributed by atoms with E-state index in [0.717, 1.165) is 6.42 Å². The Morgan fingerprint density at radius 2 is 1.70 bits per heavy atom. The van der Waals surface area contributed by atoms with Gasteiger partial charge in [0.2, 0.25) is 0 Å². The molecule has 0 aliphatic heterocycles. The van der Waals surface area contributed by atoms with Gasteiger partial charge in [-0.05, 0) is 11.8 Å². The summed E-state index contributed by atoms with van der Waals surface area (Å²) in [6.07, 6.45) is 0.486. The van der Waals surface area contributed by atoms with Crippen LogP contribution in [0, 0.1) is 5.41 Å². The summed E-state index contributed by atoms with van der Waals surface area (Å²) in [5.41, 5.74) is -0.0141. The molecule has 10 heavy (non-hydrogen) atoms. The summed E-state index contributed by atoms with van der Waals surface area (Å²) in [6.45, 7) is 6.08. The highest BCUT2D eigenvalue weighted by Crippen LogP contribution is 2.26. The quantitative estimate of drug-likeness (QED) is 0.767. The molecule has 0 unspecified atom stereocenters. The smallest absolute Gasteiger partial charge is 0.0722 e. The fourth-order valence-corrected chi connectivity index (χ4v) is 1.23. The van der Waals surface area contributed by atoms with Crippen molar-refractivity contribution in [3.05, 3.63) is 0 Å². The predicted molar refractivity (Wildman–Crippen MR) is 51.7 cm³/mol. The van der Waals surface area contributed by atoms with Crippen LogP contribution in [0.15, 0.2) is 0 Å². The van der Waals surface area contributed by atoms with Crippen molar-refractivity contribution in [3.8, 4) is 0 Å². The van der Waals surface area contributed by atoms with Gasteiger partial charge in [-0.2, -0.15) is 0 Å². The zero-order valence-corrected chi connectivity index (χ0v) is 9.74. The van der Waals surface area contributed by atoms with Gasteiger partial charge in [0.05, 0.1) is 9.84 Å². The fraction of sp³-hybridized carbons (Fsp3) is 1.00. The minimum Gasteiger partial charge on any atom is -0.393 e. The molecule has 0 fully saturated rings. The molecule has 0 heterocycles. The lowest BCUT2D eigenvalue weighted by atomic mass is 9.88. The molecule has 0 aromatic heterocycles. The van der Waals surface area contributed by atoms with Crippen molar-refractivity contribution in [3.63, 3.8) is 0 Å². The van der Waals surface area contributed by atoms with Gasteiger partial charge in [0.25, 0.3) is 0 Å². The number of aliphatic hydroxyl groups excluding tert-OH is 1. The van der Waals surface area contributed by atoms with Crippen LogP contribution in [0.4, 0.5) is 0 Å². The number of hydrogen-bond acceptors (Lipinski definition) is 1. The highest BCUT2D eigenvalue weighted by molar-refractivity contribution is 9.24. The molecule has 0 aromatic rings. The summed E-state index contributed by atoms with van der Waals surface area (Å²) < 4.78 is 0.217. The normalized spacial score (nSPS) is 15.9. The van der Waals surface area contributed by atoms with Crippen LogP contribution in [0.2, 0.25) is 0 Å². The van der Waals surface area contributed by atoms with E-state index >= 15 is 0 Å². The van der Waals surface area contributed by atoms with Gasteiger partial charge in [-0.15, -0.1) is 0 Å². The maximum absolute atomic E-state index is 9.50. The molecule has 0 aliphatic rings. The first-order valence-electron chi connectivity index (χ1n) is 3.30. The maximum Gasteiger partial charge on any atom is 0.0722 e. The second-order valence-corrected chi connectivity index (χ2v) is 6.95. The van der Waals surface area contributed by atoms with Gasteiger partial charge in [0.1, 0.15) is 0 Å². The third-order valence-corrected chi connectivity index (χ3v) is 2.15. The Kier molecular flexibility index (Phi) is 4.45. The molecule has 0 radical (unpaired) electrons. The summed E-state index contributed by atoms with van der Waals surface area (Å²) in [5, 5.41) is 9.50. The van der Waals surface area contributed by atoms with Gasteiger partial charge < -0.3 is 5.11 Å². The van der Waals surface area contributed by atoms with E-state index in [1.165, 1.54) is 0 Å². The van der Waals surface area contributed by atoms with Gasteiger partial charge in [-0.3, -0.25) is 0 Å². The van der Waals surface area contributed by atoms with Crippen LogP contribution in [-0.4, -0.2) is 14.9 Å². The van der Waals surface area contributed by atoms with Gasteiger partial charge in [0.15, 0.2) is 0 Å². The first-order valence-corrected chi connectivity index (χ1v) is 5.13. The Hall–Kier alpha value is 0.920. The number of alkyl halides is 2. The minimum absolute atomic E-state index is 0.0141. The molecule has 3 heteroatoms. The van der Waals surface area contributed by atoms with Crippen molar-refractivity contribution >= 4 is 31.9 Å². The van der Waals surface area contributed by atoms with Gasteiger partial charge >= 0.3 is 0 Å². The van der Waals surface area contributed by atoms with Crippen molar-refractivity contribution in [1.29, 1.82) is 0 Å². The van der Waals surface area contributed by atoms with Crippen molar-refractivity contribution in [2.24, 2.45) is 5.41 Å². The molecule has 0 rings (SSSR count). The van der Waals surface area contributed by atoms with Crippen LogP contribution in [0.1, 0.15) is 27.2 Å². The maximum atomic E-state index is 9.50. The number of hydrogen-bond donors (Lipinski definition) is 1. The van der Waals surface area contributed by atoms with Crippen molar-refractivity contribution < 1.29 is 5.11 Å². The predicted octanol–water partition coefficient (Wildman–Crippen LogP) is 2.90. The molecule has 0 amide bonds. The Balaban J connectivity index is 3.73. The van der Waals surface area contributed by atoms with E-state index in [1.807, 2.05) is 20.8 Å². The van der Waals surface area contributed by atoms with Gasteiger partial charge in [-0.25, -0.2) is 0 Å². The Morgan fingerprint density at radius 1 is 1.30 bits per heavy atom. The summed E-state index contributed by atoms with van der Waals surface area (Å²) in [5.74, 6) is 0. The number of halogens is 2. The Morgan fingerprint density at radius 3 is 1.80 bits per heavy atom. The van der Waals surface area contributed by atoms with Crippen molar-refractivity contribution in [2.75, 3.05) is 0 Å². The molecule has 0 bridgehead atoms. The van der Waals surface area contributed by atoms with Crippen LogP contribution < -0.4 is 0 Å². The Labute approximate surface area is 79.5 Å². The molecule has 62 valence electrons. The first-order chi connectivity index (χ1) is 4.34. The van der Waals surface area contributed by atoms with E-state index in [0.29, 0.717) is 0 Å². The summed E-state index contributed by atoms with van der Waals surface area (Å²) in [7, 11) is 0. The standard InChI is InChI=1S/C7H14Br2O/c1-7(2,3)5(10)4-6(8)9/h5-6,10H,4H2,1-3H3/t5-/m0/s1. The molecule has 0 spiro atoms. The second kappa shape index (κ2) is 4.07. The highest BCUT2D eigenvalue weighted by atomic mass is 79.9. The van der Waals surface area contributed by atoms with E-state index in [-0.39, 0.29) is 15.3 Å². The average Bonchev–Trinajstić information content (AvgIpc) is 1.60. The first kappa shape index (κ1) is 10.9. The summed E-state index contributed by atoms with van der Waals surface area (Å²) >= 11 is 6.65. The molecule has 1 N–H and O–H groups in total. The topological polar surface area (TPSA) is 20.2 Å². The monoisotopic (exact) mass is 272 g/mol. The van der Waals surface area contributed by atoms with E-state index in [1.54, 1.807) is 0 Å². The van der Waals surface area contributed by atoms with Crippen LogP contribution in [0.25, 0.3) is 0 Å². The molecular weight excluding hydrogens is 260 g/mol. The van der Waals surface area contributed by atoms with Crippen molar-refractivity contribution in [1.82, 2.24) is 0 Å². The summed E-state index contributed by atoms with van der Waals surface area (Å²) in [4.78, 5) is 0. The average molecular weight is 274 g/mol. The minimum atomic E-state index is -0.253. The van der Waals surface area contributed by atoms with Crippen LogP contribution in [0.5, 0.6) is 0 Å². The van der Waals surface area contributed by atoms with E-state index < -0.39 is 0 Å². The third-order valence-electron chi connectivity index (χ3n) is 1.40.